The van der Waals surface area contributed by atoms with Crippen molar-refractivity contribution in [3.63, 3.8) is 0 Å². The quantitative estimate of drug-likeness (QED) is 0.142. The lowest BCUT2D eigenvalue weighted by Gasteiger charge is -2.30. The number of piperidine rings is 1. The summed E-state index contributed by atoms with van der Waals surface area (Å²) < 4.78 is 10.3. The standard InChI is InChI=1S/C19H22N6O4S/c1-28-19(27)18(26)25-8-6-13(7-9-25)17-23-15(11-30-17)10-29-16-4-2-14(3-5-16)21-12-22-24-20/h2-5,11-13H,6-10H2,1H3,(H2,20,21,22). The Kier molecular flexibility index (Phi) is 7.44. The first-order chi connectivity index (χ1) is 14.6. The third-order valence-electron chi connectivity index (χ3n) is 4.61. The van der Waals surface area contributed by atoms with Gasteiger partial charge in [-0.25, -0.2) is 14.8 Å². The van der Waals surface area contributed by atoms with Crippen LogP contribution in [-0.2, 0) is 20.9 Å². The highest BCUT2D eigenvalue weighted by molar-refractivity contribution is 7.09. The molecule has 1 aromatic heterocycles. The largest absolute Gasteiger partial charge is 0.487 e. The van der Waals surface area contributed by atoms with Gasteiger partial charge in [-0.3, -0.25) is 4.79 Å². The first-order valence-electron chi connectivity index (χ1n) is 9.27. The van der Waals surface area contributed by atoms with E-state index in [-0.39, 0.29) is 5.92 Å². The maximum Gasteiger partial charge on any atom is 0.396 e. The molecule has 10 nitrogen and oxygen atoms in total. The van der Waals surface area contributed by atoms with Crippen molar-refractivity contribution in [1.29, 1.82) is 0 Å². The van der Waals surface area contributed by atoms with Crippen LogP contribution < -0.4 is 10.6 Å². The lowest BCUT2D eigenvalue weighted by atomic mass is 9.97. The van der Waals surface area contributed by atoms with Crippen LogP contribution in [0.15, 0.2) is 45.0 Å². The van der Waals surface area contributed by atoms with Gasteiger partial charge in [0.15, 0.2) is 0 Å². The maximum absolute atomic E-state index is 11.9. The van der Waals surface area contributed by atoms with Gasteiger partial charge in [0.05, 0.1) is 23.5 Å². The summed E-state index contributed by atoms with van der Waals surface area (Å²) in [5, 5.41) is 9.57. The first-order valence-corrected chi connectivity index (χ1v) is 10.2. The van der Waals surface area contributed by atoms with Crippen LogP contribution in [0.3, 0.4) is 0 Å². The van der Waals surface area contributed by atoms with Gasteiger partial charge in [0.2, 0.25) is 0 Å². The van der Waals surface area contributed by atoms with Gasteiger partial charge in [-0.1, -0.05) is 5.22 Å². The Bertz CT molecular complexity index is 919. The summed E-state index contributed by atoms with van der Waals surface area (Å²) in [6.07, 6.45) is 2.80. The van der Waals surface area contributed by atoms with E-state index in [0.717, 1.165) is 23.5 Å². The Morgan fingerprint density at radius 2 is 2.03 bits per heavy atom. The highest BCUT2D eigenvalue weighted by Gasteiger charge is 2.29. The molecule has 0 spiro atoms. The van der Waals surface area contributed by atoms with Gasteiger partial charge in [-0.2, -0.15) is 0 Å². The summed E-state index contributed by atoms with van der Waals surface area (Å²) in [6, 6.07) is 7.22. The Hall–Kier alpha value is -3.34. The molecule has 158 valence electrons. The summed E-state index contributed by atoms with van der Waals surface area (Å²) in [7, 11) is 1.21. The van der Waals surface area contributed by atoms with Crippen LogP contribution in [0.4, 0.5) is 5.69 Å². The molecule has 1 aromatic carbocycles. The van der Waals surface area contributed by atoms with Crippen LogP contribution in [0, 0.1) is 0 Å². The molecule has 1 aliphatic heterocycles. The monoisotopic (exact) mass is 430 g/mol. The molecule has 2 aromatic rings. The fourth-order valence-electron chi connectivity index (χ4n) is 3.03. The number of amides is 1. The molecule has 1 fully saturated rings. The van der Waals surface area contributed by atoms with Crippen LogP contribution in [0.25, 0.3) is 0 Å². The van der Waals surface area contributed by atoms with Gasteiger partial charge < -0.3 is 20.2 Å². The number of hydrogen-bond acceptors (Lipinski definition) is 8. The molecule has 0 bridgehead atoms. The number of nitrogens with zero attached hydrogens (tertiary/aromatic N) is 5. The zero-order chi connectivity index (χ0) is 21.3. The second kappa shape index (κ2) is 10.4. The van der Waals surface area contributed by atoms with E-state index in [1.165, 1.54) is 18.3 Å². The number of carbonyl (C=O) groups excluding carboxylic acids is 2. The Labute approximate surface area is 177 Å². The minimum Gasteiger partial charge on any atom is -0.487 e. The topological polar surface area (TPSA) is 132 Å². The molecule has 2 heterocycles. The summed E-state index contributed by atoms with van der Waals surface area (Å²) >= 11 is 1.59. The molecule has 0 radical (unpaired) electrons. The van der Waals surface area contributed by atoms with Crippen LogP contribution in [0.5, 0.6) is 5.75 Å². The predicted octanol–water partition coefficient (Wildman–Crippen LogP) is 2.59. The van der Waals surface area contributed by atoms with Crippen molar-refractivity contribution in [1.82, 2.24) is 9.88 Å². The number of aromatic nitrogens is 1. The fourth-order valence-corrected chi connectivity index (χ4v) is 4.01. The lowest BCUT2D eigenvalue weighted by Crippen LogP contribution is -2.42. The molecule has 30 heavy (non-hydrogen) atoms. The smallest absolute Gasteiger partial charge is 0.396 e. The van der Waals surface area contributed by atoms with E-state index in [0.29, 0.717) is 31.1 Å². The van der Waals surface area contributed by atoms with Crippen molar-refractivity contribution in [2.24, 2.45) is 21.2 Å². The van der Waals surface area contributed by atoms with Crippen LogP contribution in [0.1, 0.15) is 29.5 Å². The Morgan fingerprint density at radius 3 is 2.70 bits per heavy atom. The number of thiazole rings is 1. The molecule has 0 aliphatic carbocycles. The molecule has 3 rings (SSSR count). The lowest BCUT2D eigenvalue weighted by molar-refractivity contribution is -0.158. The molecule has 0 saturated carbocycles. The van der Waals surface area contributed by atoms with E-state index in [1.54, 1.807) is 23.5 Å². The second-order valence-electron chi connectivity index (χ2n) is 6.49. The van der Waals surface area contributed by atoms with E-state index >= 15 is 0 Å². The summed E-state index contributed by atoms with van der Waals surface area (Å²) in [6.45, 7) is 1.40. The first kappa shape index (κ1) is 21.4. The minimum atomic E-state index is -0.817. The van der Waals surface area contributed by atoms with Gasteiger partial charge in [-0.05, 0) is 37.1 Å². The summed E-state index contributed by atoms with van der Waals surface area (Å²) in [5.74, 6) is 4.49. The van der Waals surface area contributed by atoms with Crippen molar-refractivity contribution < 1.29 is 19.1 Å². The number of nitrogens with two attached hydrogens (primary N) is 1. The van der Waals surface area contributed by atoms with E-state index in [9.17, 15) is 9.59 Å². The number of esters is 1. The molecular formula is C19H22N6O4S. The molecular weight excluding hydrogens is 408 g/mol. The molecule has 11 heteroatoms. The molecule has 1 saturated heterocycles. The summed E-state index contributed by atoms with van der Waals surface area (Å²) in [5.41, 5.74) is 1.57. The highest BCUT2D eigenvalue weighted by atomic mass is 32.1. The molecule has 1 amide bonds. The number of ether oxygens (including phenoxy) is 2. The van der Waals surface area contributed by atoms with Crippen molar-refractivity contribution in [2.45, 2.75) is 25.4 Å². The van der Waals surface area contributed by atoms with Gasteiger partial charge >= 0.3 is 11.9 Å². The van der Waals surface area contributed by atoms with Crippen molar-refractivity contribution in [3.8, 4) is 5.75 Å². The summed E-state index contributed by atoms with van der Waals surface area (Å²) in [4.78, 5) is 33.5. The zero-order valence-corrected chi connectivity index (χ0v) is 17.2. The van der Waals surface area contributed by atoms with Crippen molar-refractivity contribution >= 4 is 35.2 Å². The molecule has 2 N–H and O–H groups in total. The van der Waals surface area contributed by atoms with Crippen molar-refractivity contribution in [2.75, 3.05) is 20.2 Å². The van der Waals surface area contributed by atoms with Crippen LogP contribution in [-0.4, -0.2) is 48.3 Å². The zero-order valence-electron chi connectivity index (χ0n) is 16.4. The van der Waals surface area contributed by atoms with Gasteiger partial charge in [0.25, 0.3) is 0 Å². The van der Waals surface area contributed by atoms with Crippen LogP contribution in [0.2, 0.25) is 0 Å². The molecule has 0 atom stereocenters. The Morgan fingerprint density at radius 1 is 1.30 bits per heavy atom. The number of aliphatic imine (C=N–C) groups is 1. The third-order valence-corrected chi connectivity index (χ3v) is 5.67. The number of likely N-dealkylation sites (tertiary alicyclic amines) is 1. The molecule has 1 aliphatic rings. The molecule has 0 unspecified atom stereocenters. The number of methoxy groups -OCH3 is 1. The number of rotatable bonds is 6. The number of hydrogen-bond donors (Lipinski definition) is 1. The maximum atomic E-state index is 11.9. The fraction of sp³-hybridized carbons (Fsp3) is 0.368. The van der Waals surface area contributed by atoms with Gasteiger partial charge in [-0.15, -0.1) is 16.5 Å². The van der Waals surface area contributed by atoms with Gasteiger partial charge in [0, 0.05) is 24.4 Å². The third kappa shape index (κ3) is 5.60. The average molecular weight is 430 g/mol. The minimum absolute atomic E-state index is 0.272. The van der Waals surface area contributed by atoms with E-state index < -0.39 is 11.9 Å². The van der Waals surface area contributed by atoms with Crippen LogP contribution >= 0.6 is 11.3 Å². The SMILES string of the molecule is COC(=O)C(=O)N1CCC(c2nc(COc3ccc(N=CN=NN)cc3)cs2)CC1. The Balaban J connectivity index is 1.49. The van der Waals surface area contributed by atoms with E-state index in [1.807, 2.05) is 17.5 Å². The van der Waals surface area contributed by atoms with E-state index in [2.05, 4.69) is 25.1 Å². The van der Waals surface area contributed by atoms with Gasteiger partial charge in [0.1, 0.15) is 18.7 Å². The normalized spacial score (nSPS) is 15.0. The average Bonchev–Trinajstić information content (AvgIpc) is 3.27. The second-order valence-corrected chi connectivity index (χ2v) is 7.38. The highest BCUT2D eigenvalue weighted by Crippen LogP contribution is 2.30. The van der Waals surface area contributed by atoms with Crippen molar-refractivity contribution in [3.05, 3.63) is 40.3 Å². The van der Waals surface area contributed by atoms with E-state index in [4.69, 9.17) is 10.6 Å². The predicted molar refractivity (Wildman–Crippen MR) is 111 cm³/mol. The number of carbonyl (C=O) groups is 2. The number of benzene rings is 1.